The zero-order valence-electron chi connectivity index (χ0n) is 11.7. The summed E-state index contributed by atoms with van der Waals surface area (Å²) in [4.78, 5) is 6.81. The van der Waals surface area contributed by atoms with Crippen LogP contribution in [-0.4, -0.2) is 29.5 Å². The Bertz CT molecular complexity index is 388. The van der Waals surface area contributed by atoms with E-state index in [-0.39, 0.29) is 0 Å². The van der Waals surface area contributed by atoms with Gasteiger partial charge in [-0.15, -0.1) is 0 Å². The van der Waals surface area contributed by atoms with Crippen molar-refractivity contribution in [3.63, 3.8) is 0 Å². The summed E-state index contributed by atoms with van der Waals surface area (Å²) in [7, 11) is 0. The number of aromatic nitrogens is 1. The van der Waals surface area contributed by atoms with Gasteiger partial charge in [0.1, 0.15) is 0 Å². The van der Waals surface area contributed by atoms with Crippen LogP contribution in [0.25, 0.3) is 0 Å². The Morgan fingerprint density at radius 1 is 1.21 bits per heavy atom. The van der Waals surface area contributed by atoms with Crippen LogP contribution in [0, 0.1) is 5.41 Å². The molecular weight excluding hydrogens is 234 g/mol. The highest BCUT2D eigenvalue weighted by Gasteiger charge is 2.38. The Morgan fingerprint density at radius 2 is 1.95 bits per heavy atom. The zero-order valence-corrected chi connectivity index (χ0v) is 11.7. The van der Waals surface area contributed by atoms with Crippen molar-refractivity contribution in [2.75, 3.05) is 19.6 Å². The third-order valence-corrected chi connectivity index (χ3v) is 5.26. The van der Waals surface area contributed by atoms with Crippen molar-refractivity contribution in [1.82, 2.24) is 9.88 Å². The lowest BCUT2D eigenvalue weighted by molar-refractivity contribution is 0.0779. The topological polar surface area (TPSA) is 42.1 Å². The van der Waals surface area contributed by atoms with Gasteiger partial charge in [-0.1, -0.05) is 18.9 Å². The standard InChI is InChI=1S/C16H25N3/c17-12-15(14-4-3-9-18-13-14)19-10-7-16(8-11-19)5-1-2-6-16/h3-4,9,13,15H,1-2,5-8,10-12,17H2. The third-order valence-electron chi connectivity index (χ3n) is 5.26. The molecule has 1 saturated heterocycles. The van der Waals surface area contributed by atoms with E-state index in [9.17, 15) is 0 Å². The highest BCUT2D eigenvalue weighted by atomic mass is 15.2. The molecule has 0 radical (unpaired) electrons. The van der Waals surface area contributed by atoms with E-state index in [2.05, 4.69) is 16.0 Å². The van der Waals surface area contributed by atoms with E-state index in [0.29, 0.717) is 18.0 Å². The number of rotatable bonds is 3. The van der Waals surface area contributed by atoms with Gasteiger partial charge in [0.25, 0.3) is 0 Å². The summed E-state index contributed by atoms with van der Waals surface area (Å²) >= 11 is 0. The molecule has 0 aromatic carbocycles. The fourth-order valence-electron chi connectivity index (χ4n) is 4.00. The van der Waals surface area contributed by atoms with Gasteiger partial charge in [0.15, 0.2) is 0 Å². The second kappa shape index (κ2) is 5.59. The molecule has 3 heteroatoms. The predicted octanol–water partition coefficient (Wildman–Crippen LogP) is 2.74. The van der Waals surface area contributed by atoms with Gasteiger partial charge >= 0.3 is 0 Å². The molecule has 1 aliphatic heterocycles. The minimum absolute atomic E-state index is 0.354. The van der Waals surface area contributed by atoms with Crippen molar-refractivity contribution in [1.29, 1.82) is 0 Å². The monoisotopic (exact) mass is 259 g/mol. The first-order valence-electron chi connectivity index (χ1n) is 7.67. The Kier molecular flexibility index (Phi) is 3.85. The number of piperidine rings is 1. The highest BCUT2D eigenvalue weighted by molar-refractivity contribution is 5.15. The minimum Gasteiger partial charge on any atom is -0.329 e. The Labute approximate surface area is 116 Å². The predicted molar refractivity (Wildman–Crippen MR) is 77.7 cm³/mol. The molecule has 1 spiro atoms. The number of nitrogens with two attached hydrogens (primary N) is 1. The Morgan fingerprint density at radius 3 is 2.53 bits per heavy atom. The molecule has 1 unspecified atom stereocenters. The van der Waals surface area contributed by atoms with Gasteiger partial charge in [-0.2, -0.15) is 0 Å². The van der Waals surface area contributed by atoms with Crippen molar-refractivity contribution >= 4 is 0 Å². The van der Waals surface area contributed by atoms with Crippen LogP contribution in [0.3, 0.4) is 0 Å². The van der Waals surface area contributed by atoms with Crippen LogP contribution in [0.2, 0.25) is 0 Å². The maximum Gasteiger partial charge on any atom is 0.0485 e. The molecule has 1 aromatic heterocycles. The maximum absolute atomic E-state index is 6.01. The van der Waals surface area contributed by atoms with Crippen LogP contribution in [0.15, 0.2) is 24.5 Å². The highest BCUT2D eigenvalue weighted by Crippen LogP contribution is 2.47. The van der Waals surface area contributed by atoms with Crippen LogP contribution in [-0.2, 0) is 0 Å². The molecule has 19 heavy (non-hydrogen) atoms. The van der Waals surface area contributed by atoms with Crippen LogP contribution in [0.1, 0.15) is 50.1 Å². The summed E-state index contributed by atoms with van der Waals surface area (Å²) in [5, 5.41) is 0. The van der Waals surface area contributed by atoms with Crippen LogP contribution in [0.4, 0.5) is 0 Å². The molecule has 1 aromatic rings. The second-order valence-electron chi connectivity index (χ2n) is 6.28. The summed E-state index contributed by atoms with van der Waals surface area (Å²) in [6, 6.07) is 4.53. The van der Waals surface area contributed by atoms with E-state index < -0.39 is 0 Å². The fourth-order valence-corrected chi connectivity index (χ4v) is 4.00. The average molecular weight is 259 g/mol. The van der Waals surface area contributed by atoms with E-state index in [0.717, 1.165) is 0 Å². The van der Waals surface area contributed by atoms with Gasteiger partial charge in [0, 0.05) is 25.0 Å². The number of nitrogens with zero attached hydrogens (tertiary/aromatic N) is 2. The summed E-state index contributed by atoms with van der Waals surface area (Å²) in [5.74, 6) is 0. The molecule has 2 fully saturated rings. The molecule has 2 heterocycles. The first-order valence-corrected chi connectivity index (χ1v) is 7.67. The number of likely N-dealkylation sites (tertiary alicyclic amines) is 1. The first-order chi connectivity index (χ1) is 9.33. The Hall–Kier alpha value is -0.930. The summed E-state index contributed by atoms with van der Waals surface area (Å²) in [6.45, 7) is 3.10. The van der Waals surface area contributed by atoms with E-state index in [1.54, 1.807) is 0 Å². The molecule has 2 aliphatic rings. The van der Waals surface area contributed by atoms with Crippen molar-refractivity contribution < 1.29 is 0 Å². The van der Waals surface area contributed by atoms with Crippen molar-refractivity contribution in [3.8, 4) is 0 Å². The molecule has 1 saturated carbocycles. The van der Waals surface area contributed by atoms with Crippen molar-refractivity contribution in [2.45, 2.75) is 44.6 Å². The quantitative estimate of drug-likeness (QED) is 0.907. The SMILES string of the molecule is NCC(c1cccnc1)N1CCC2(CCCC2)CC1. The number of hydrogen-bond donors (Lipinski definition) is 1. The molecule has 104 valence electrons. The van der Waals surface area contributed by atoms with Crippen molar-refractivity contribution in [3.05, 3.63) is 30.1 Å². The molecule has 3 rings (SSSR count). The van der Waals surface area contributed by atoms with Gasteiger partial charge < -0.3 is 5.73 Å². The summed E-state index contributed by atoms with van der Waals surface area (Å²) in [5.41, 5.74) is 7.97. The maximum atomic E-state index is 6.01. The Balaban J connectivity index is 1.66. The van der Waals surface area contributed by atoms with Gasteiger partial charge in [-0.05, 0) is 55.8 Å². The summed E-state index contributed by atoms with van der Waals surface area (Å²) < 4.78 is 0. The van der Waals surface area contributed by atoms with E-state index >= 15 is 0 Å². The minimum atomic E-state index is 0.354. The zero-order chi connectivity index (χ0) is 13.1. The molecule has 3 nitrogen and oxygen atoms in total. The molecule has 2 N–H and O–H groups in total. The fraction of sp³-hybridized carbons (Fsp3) is 0.688. The average Bonchev–Trinajstić information content (AvgIpc) is 2.92. The first kappa shape index (κ1) is 13.1. The lowest BCUT2D eigenvalue weighted by Gasteiger charge is -2.42. The molecular formula is C16H25N3. The summed E-state index contributed by atoms with van der Waals surface area (Å²) in [6.07, 6.45) is 12.3. The molecule has 0 bridgehead atoms. The lowest BCUT2D eigenvalue weighted by Crippen LogP contribution is -2.43. The second-order valence-corrected chi connectivity index (χ2v) is 6.28. The van der Waals surface area contributed by atoms with Gasteiger partial charge in [0.05, 0.1) is 0 Å². The molecule has 1 aliphatic carbocycles. The van der Waals surface area contributed by atoms with Gasteiger partial charge in [-0.25, -0.2) is 0 Å². The molecule has 1 atom stereocenters. The van der Waals surface area contributed by atoms with E-state index in [1.807, 2.05) is 18.5 Å². The number of hydrogen-bond acceptors (Lipinski definition) is 3. The van der Waals surface area contributed by atoms with Crippen LogP contribution < -0.4 is 5.73 Å². The number of pyridine rings is 1. The third kappa shape index (κ3) is 2.67. The molecule has 0 amide bonds. The van der Waals surface area contributed by atoms with E-state index in [4.69, 9.17) is 5.73 Å². The smallest absolute Gasteiger partial charge is 0.0485 e. The lowest BCUT2D eigenvalue weighted by atomic mass is 9.76. The van der Waals surface area contributed by atoms with Gasteiger partial charge in [-0.3, -0.25) is 9.88 Å². The largest absolute Gasteiger partial charge is 0.329 e. The van der Waals surface area contributed by atoms with Crippen LogP contribution in [0.5, 0.6) is 0 Å². The van der Waals surface area contributed by atoms with Crippen LogP contribution >= 0.6 is 0 Å². The normalized spacial score (nSPS) is 24.7. The van der Waals surface area contributed by atoms with E-state index in [1.165, 1.54) is 57.2 Å². The van der Waals surface area contributed by atoms with Crippen molar-refractivity contribution in [2.24, 2.45) is 11.1 Å². The van der Waals surface area contributed by atoms with Gasteiger partial charge in [0.2, 0.25) is 0 Å².